The van der Waals surface area contributed by atoms with Crippen LogP contribution in [0.1, 0.15) is 18.4 Å². The first-order valence-electron chi connectivity index (χ1n) is 9.78. The minimum atomic E-state index is -1.21. The topological polar surface area (TPSA) is 149 Å². The number of imide groups is 1. The van der Waals surface area contributed by atoms with Gasteiger partial charge < -0.3 is 21.5 Å². The molecule has 1 aliphatic heterocycles. The van der Waals surface area contributed by atoms with Gasteiger partial charge in [0.1, 0.15) is 0 Å². The lowest BCUT2D eigenvalue weighted by Crippen LogP contribution is -2.68. The molecular formula is C21H25N5O4. The lowest BCUT2D eigenvalue weighted by atomic mass is 9.84. The molecule has 9 heteroatoms. The van der Waals surface area contributed by atoms with E-state index in [0.717, 1.165) is 21.2 Å². The monoisotopic (exact) mass is 411 g/mol. The number of nitrogens with one attached hydrogen (secondary N) is 3. The largest absolute Gasteiger partial charge is 0.480 e. The number of likely N-dealkylation sites (tertiary alicyclic amines) is 1. The van der Waals surface area contributed by atoms with E-state index in [0.29, 0.717) is 25.8 Å². The number of hydrogen-bond acceptors (Lipinski definition) is 4. The van der Waals surface area contributed by atoms with Crippen molar-refractivity contribution in [2.24, 2.45) is 11.7 Å². The fraction of sp³-hybridized carbons (Fsp3) is 0.333. The Bertz CT molecular complexity index is 972. The van der Waals surface area contributed by atoms with Crippen LogP contribution in [-0.4, -0.2) is 53.0 Å². The number of amides is 3. The number of carbonyl (C=O) groups is 3. The van der Waals surface area contributed by atoms with Crippen LogP contribution in [0.25, 0.3) is 10.8 Å². The number of nitrogens with two attached hydrogens (primary N) is 1. The Balaban J connectivity index is 1.54. The van der Waals surface area contributed by atoms with Crippen molar-refractivity contribution in [3.05, 3.63) is 48.0 Å². The quantitative estimate of drug-likeness (QED) is 0.191. The molecule has 158 valence electrons. The molecule has 30 heavy (non-hydrogen) atoms. The van der Waals surface area contributed by atoms with Crippen molar-refractivity contribution < 1.29 is 19.5 Å². The highest BCUT2D eigenvalue weighted by molar-refractivity contribution is 6.07. The van der Waals surface area contributed by atoms with E-state index in [1.165, 1.54) is 0 Å². The summed E-state index contributed by atoms with van der Waals surface area (Å²) < 4.78 is 0. The summed E-state index contributed by atoms with van der Waals surface area (Å²) in [5.41, 5.74) is 6.25. The standard InChI is InChI=1S/C21H25N5O4/c22-20(23)24-11-4-9-16-17(19(28)29)26(18(16)27)21(30)25-12-10-14-7-3-6-13-5-1-2-8-15(13)14/h1-3,5-8,16-17H,4,9-12H2,(H,25,30)(H,28,29)(H4,22,23,24). The van der Waals surface area contributed by atoms with Gasteiger partial charge in [-0.2, -0.15) is 0 Å². The second-order valence-electron chi connectivity index (χ2n) is 7.20. The Morgan fingerprint density at radius 3 is 2.57 bits per heavy atom. The number of nitrogens with zero attached hydrogens (tertiary/aromatic N) is 1. The summed E-state index contributed by atoms with van der Waals surface area (Å²) in [5, 5.41) is 24.0. The third-order valence-corrected chi connectivity index (χ3v) is 5.24. The molecule has 6 N–H and O–H groups in total. The van der Waals surface area contributed by atoms with E-state index in [-0.39, 0.29) is 12.5 Å². The van der Waals surface area contributed by atoms with Crippen molar-refractivity contribution in [2.75, 3.05) is 13.1 Å². The van der Waals surface area contributed by atoms with Gasteiger partial charge in [0.2, 0.25) is 5.91 Å². The van der Waals surface area contributed by atoms with Gasteiger partial charge in [0.05, 0.1) is 5.92 Å². The second kappa shape index (κ2) is 9.25. The number of rotatable bonds is 8. The van der Waals surface area contributed by atoms with Crippen LogP contribution in [0.4, 0.5) is 4.79 Å². The van der Waals surface area contributed by atoms with Crippen molar-refractivity contribution in [3.8, 4) is 0 Å². The molecule has 0 saturated carbocycles. The number of benzene rings is 2. The zero-order valence-corrected chi connectivity index (χ0v) is 16.4. The second-order valence-corrected chi connectivity index (χ2v) is 7.20. The third-order valence-electron chi connectivity index (χ3n) is 5.24. The molecule has 2 aromatic carbocycles. The maximum atomic E-state index is 12.4. The Kier molecular flexibility index (Phi) is 6.51. The Morgan fingerprint density at radius 1 is 1.10 bits per heavy atom. The number of β-lactam (4-membered cyclic amide) rings is 1. The zero-order chi connectivity index (χ0) is 21.7. The maximum absolute atomic E-state index is 12.4. The van der Waals surface area contributed by atoms with Crippen LogP contribution in [0, 0.1) is 11.3 Å². The molecule has 2 atom stereocenters. The molecule has 0 radical (unpaired) electrons. The normalized spacial score (nSPS) is 18.0. The van der Waals surface area contributed by atoms with Crippen LogP contribution in [0.3, 0.4) is 0 Å². The summed E-state index contributed by atoms with van der Waals surface area (Å²) in [7, 11) is 0. The number of carboxylic acid groups (broad SMARTS) is 1. The van der Waals surface area contributed by atoms with Crippen molar-refractivity contribution in [1.29, 1.82) is 5.41 Å². The van der Waals surface area contributed by atoms with Gasteiger partial charge in [-0.1, -0.05) is 42.5 Å². The van der Waals surface area contributed by atoms with Gasteiger partial charge >= 0.3 is 12.0 Å². The number of guanidine groups is 1. The van der Waals surface area contributed by atoms with Gasteiger partial charge in [-0.25, -0.2) is 14.5 Å². The molecule has 0 spiro atoms. The summed E-state index contributed by atoms with van der Waals surface area (Å²) in [4.78, 5) is 37.2. The van der Waals surface area contributed by atoms with Gasteiger partial charge in [-0.15, -0.1) is 0 Å². The number of fused-ring (bicyclic) bond motifs is 1. The van der Waals surface area contributed by atoms with Crippen molar-refractivity contribution in [1.82, 2.24) is 15.5 Å². The molecule has 9 nitrogen and oxygen atoms in total. The Morgan fingerprint density at radius 2 is 1.83 bits per heavy atom. The average molecular weight is 411 g/mol. The molecular weight excluding hydrogens is 386 g/mol. The molecule has 0 aliphatic carbocycles. The van der Waals surface area contributed by atoms with Crippen LogP contribution in [0.2, 0.25) is 0 Å². The number of urea groups is 1. The molecule has 1 aliphatic rings. The SMILES string of the molecule is N=C(N)NCCCC1C(=O)N(C(=O)NCCc2cccc3ccccc23)C1C(=O)O. The smallest absolute Gasteiger partial charge is 0.327 e. The summed E-state index contributed by atoms with van der Waals surface area (Å²) in [6, 6.07) is 12.0. The summed E-state index contributed by atoms with van der Waals surface area (Å²) in [5.74, 6) is -2.63. The molecule has 2 aromatic rings. The number of carbonyl (C=O) groups excluding carboxylic acids is 2. The van der Waals surface area contributed by atoms with E-state index in [4.69, 9.17) is 11.1 Å². The fourth-order valence-corrected chi connectivity index (χ4v) is 3.78. The number of carboxylic acids is 1. The van der Waals surface area contributed by atoms with Crippen LogP contribution in [-0.2, 0) is 16.0 Å². The zero-order valence-electron chi connectivity index (χ0n) is 16.4. The molecule has 2 unspecified atom stereocenters. The highest BCUT2D eigenvalue weighted by Gasteiger charge is 2.54. The molecule has 1 fully saturated rings. The molecule has 3 amide bonds. The predicted octanol–water partition coefficient (Wildman–Crippen LogP) is 1.27. The molecule has 3 rings (SSSR count). The minimum Gasteiger partial charge on any atom is -0.480 e. The lowest BCUT2D eigenvalue weighted by Gasteiger charge is -2.42. The van der Waals surface area contributed by atoms with E-state index in [9.17, 15) is 19.5 Å². The van der Waals surface area contributed by atoms with Gasteiger partial charge in [-0.3, -0.25) is 10.2 Å². The highest BCUT2D eigenvalue weighted by atomic mass is 16.4. The van der Waals surface area contributed by atoms with Gasteiger partial charge in [0, 0.05) is 13.1 Å². The van der Waals surface area contributed by atoms with Gasteiger partial charge in [0.15, 0.2) is 12.0 Å². The Labute approximate surface area is 173 Å². The van der Waals surface area contributed by atoms with E-state index in [1.807, 2.05) is 42.5 Å². The minimum absolute atomic E-state index is 0.183. The summed E-state index contributed by atoms with van der Waals surface area (Å²) in [6.07, 6.45) is 1.33. The van der Waals surface area contributed by atoms with Crippen LogP contribution in [0.5, 0.6) is 0 Å². The maximum Gasteiger partial charge on any atom is 0.327 e. The Hall–Kier alpha value is -3.62. The first kappa shape index (κ1) is 21.1. The van der Waals surface area contributed by atoms with Crippen molar-refractivity contribution in [2.45, 2.75) is 25.3 Å². The summed E-state index contributed by atoms with van der Waals surface area (Å²) >= 11 is 0. The van der Waals surface area contributed by atoms with E-state index < -0.39 is 29.9 Å². The molecule has 0 aromatic heterocycles. The van der Waals surface area contributed by atoms with Crippen LogP contribution >= 0.6 is 0 Å². The van der Waals surface area contributed by atoms with E-state index in [2.05, 4.69) is 10.6 Å². The average Bonchev–Trinajstić information content (AvgIpc) is 2.71. The van der Waals surface area contributed by atoms with Crippen molar-refractivity contribution >= 4 is 34.6 Å². The molecule has 0 bridgehead atoms. The van der Waals surface area contributed by atoms with E-state index >= 15 is 0 Å². The van der Waals surface area contributed by atoms with Crippen LogP contribution < -0.4 is 16.4 Å². The first-order valence-corrected chi connectivity index (χ1v) is 9.78. The fourth-order valence-electron chi connectivity index (χ4n) is 3.78. The van der Waals surface area contributed by atoms with E-state index in [1.54, 1.807) is 0 Å². The van der Waals surface area contributed by atoms with Crippen molar-refractivity contribution in [3.63, 3.8) is 0 Å². The predicted molar refractivity (Wildman–Crippen MR) is 112 cm³/mol. The number of aliphatic carboxylic acids is 1. The summed E-state index contributed by atoms with van der Waals surface area (Å²) in [6.45, 7) is 0.652. The third kappa shape index (κ3) is 4.51. The molecule has 1 heterocycles. The number of hydrogen-bond donors (Lipinski definition) is 5. The van der Waals surface area contributed by atoms with Crippen LogP contribution in [0.15, 0.2) is 42.5 Å². The first-order chi connectivity index (χ1) is 14.4. The molecule has 1 saturated heterocycles. The van der Waals surface area contributed by atoms with Gasteiger partial charge in [0.25, 0.3) is 0 Å². The lowest BCUT2D eigenvalue weighted by molar-refractivity contribution is -0.166. The highest BCUT2D eigenvalue weighted by Crippen LogP contribution is 2.31. The van der Waals surface area contributed by atoms with Gasteiger partial charge in [-0.05, 0) is 35.6 Å².